The van der Waals surface area contributed by atoms with Crippen molar-refractivity contribution in [3.63, 3.8) is 0 Å². The Morgan fingerprint density at radius 2 is 1.78 bits per heavy atom. The van der Waals surface area contributed by atoms with Crippen molar-refractivity contribution in [1.82, 2.24) is 0 Å². The van der Waals surface area contributed by atoms with Crippen LogP contribution in [-0.4, -0.2) is 10.8 Å². The second-order valence-corrected chi connectivity index (χ2v) is 7.63. The zero-order valence-electron chi connectivity index (χ0n) is 16.6. The summed E-state index contributed by atoms with van der Waals surface area (Å²) in [6.45, 7) is 1.52. The fourth-order valence-corrected chi connectivity index (χ4v) is 4.65. The molecule has 1 N–H and O–H groups in total. The molecular weight excluding hydrogens is 417 g/mol. The maximum atomic E-state index is 13.6. The molecule has 0 aliphatic carbocycles. The van der Waals surface area contributed by atoms with Crippen molar-refractivity contribution < 1.29 is 18.8 Å². The standard InChI is InChI=1S/C22H14FN5O4/c1-13-21(12-26)19(27)32-22(13,15-5-7-16(23)8-6-15)31-18(20(21,10-24)11-25)14-3-2-4-17(9-14)28(29)30/h2-9,13,18,27H,1H3. The molecule has 0 aromatic heterocycles. The number of nitrogens with zero attached hydrogens (tertiary/aromatic N) is 4. The minimum absolute atomic E-state index is 0.0959. The maximum absolute atomic E-state index is 13.6. The highest BCUT2D eigenvalue weighted by Gasteiger charge is 2.79. The number of halogens is 1. The minimum Gasteiger partial charge on any atom is -0.443 e. The third kappa shape index (κ3) is 2.34. The second kappa shape index (κ2) is 6.84. The molecular formula is C22H14FN5O4. The molecule has 2 aliphatic heterocycles. The summed E-state index contributed by atoms with van der Waals surface area (Å²) in [6.07, 6.45) is -1.49. The van der Waals surface area contributed by atoms with Gasteiger partial charge in [0.1, 0.15) is 11.9 Å². The summed E-state index contributed by atoms with van der Waals surface area (Å²) in [5, 5.41) is 50.3. The Hall–Kier alpha value is -4.33. The number of hydrogen-bond acceptors (Lipinski definition) is 8. The lowest BCUT2D eigenvalue weighted by Crippen LogP contribution is -2.57. The molecule has 4 rings (SSSR count). The number of ether oxygens (including phenoxy) is 2. The van der Waals surface area contributed by atoms with Crippen molar-refractivity contribution in [2.24, 2.45) is 16.7 Å². The van der Waals surface area contributed by atoms with Crippen molar-refractivity contribution in [3.05, 3.63) is 75.6 Å². The van der Waals surface area contributed by atoms with Crippen LogP contribution < -0.4 is 0 Å². The van der Waals surface area contributed by atoms with Crippen LogP contribution in [0.2, 0.25) is 0 Å². The summed E-state index contributed by atoms with van der Waals surface area (Å²) in [6, 6.07) is 15.9. The van der Waals surface area contributed by atoms with E-state index in [2.05, 4.69) is 0 Å². The van der Waals surface area contributed by atoms with Gasteiger partial charge in [-0.15, -0.1) is 0 Å². The molecule has 2 saturated heterocycles. The molecule has 0 amide bonds. The number of nitriles is 3. The van der Waals surface area contributed by atoms with Gasteiger partial charge in [-0.2, -0.15) is 15.8 Å². The normalized spacial score (nSPS) is 29.8. The molecule has 4 unspecified atom stereocenters. The Kier molecular flexibility index (Phi) is 4.48. The predicted molar refractivity (Wildman–Crippen MR) is 105 cm³/mol. The van der Waals surface area contributed by atoms with Crippen LogP contribution in [0.15, 0.2) is 48.5 Å². The van der Waals surface area contributed by atoms with E-state index in [1.807, 2.05) is 18.2 Å². The van der Waals surface area contributed by atoms with Crippen LogP contribution in [0.5, 0.6) is 0 Å². The topological polar surface area (TPSA) is 157 Å². The first-order valence-corrected chi connectivity index (χ1v) is 9.42. The van der Waals surface area contributed by atoms with Gasteiger partial charge in [-0.1, -0.05) is 19.1 Å². The van der Waals surface area contributed by atoms with Crippen molar-refractivity contribution in [2.45, 2.75) is 18.8 Å². The van der Waals surface area contributed by atoms with E-state index >= 15 is 0 Å². The van der Waals surface area contributed by atoms with E-state index < -0.39 is 45.3 Å². The lowest BCUT2D eigenvalue weighted by atomic mass is 9.53. The monoisotopic (exact) mass is 431 g/mol. The van der Waals surface area contributed by atoms with Crippen LogP contribution in [-0.2, 0) is 15.3 Å². The number of fused-ring (bicyclic) bond motifs is 2. The first-order chi connectivity index (χ1) is 15.2. The molecule has 0 spiro atoms. The molecule has 2 aliphatic rings. The van der Waals surface area contributed by atoms with E-state index in [4.69, 9.17) is 14.9 Å². The average molecular weight is 431 g/mol. The fraction of sp³-hybridized carbons (Fsp3) is 0.273. The zero-order chi connectivity index (χ0) is 23.3. The minimum atomic E-state index is -2.26. The summed E-state index contributed by atoms with van der Waals surface area (Å²) in [5.74, 6) is -3.99. The molecule has 0 saturated carbocycles. The van der Waals surface area contributed by atoms with Gasteiger partial charge in [0.15, 0.2) is 5.41 Å². The van der Waals surface area contributed by atoms with E-state index in [0.717, 1.165) is 18.2 Å². The Morgan fingerprint density at radius 3 is 2.34 bits per heavy atom. The highest BCUT2D eigenvalue weighted by Crippen LogP contribution is 2.69. The van der Waals surface area contributed by atoms with E-state index in [9.17, 15) is 30.3 Å². The van der Waals surface area contributed by atoms with Crippen LogP contribution in [0.1, 0.15) is 24.2 Å². The lowest BCUT2D eigenvalue weighted by molar-refractivity contribution is -0.385. The first kappa shape index (κ1) is 20.9. The van der Waals surface area contributed by atoms with Gasteiger partial charge in [0.2, 0.25) is 17.1 Å². The van der Waals surface area contributed by atoms with Gasteiger partial charge in [0, 0.05) is 17.7 Å². The van der Waals surface area contributed by atoms with Crippen molar-refractivity contribution in [1.29, 1.82) is 21.2 Å². The Balaban J connectivity index is 2.04. The zero-order valence-corrected chi connectivity index (χ0v) is 16.6. The van der Waals surface area contributed by atoms with Crippen LogP contribution in [0.25, 0.3) is 0 Å². The van der Waals surface area contributed by atoms with E-state index in [-0.39, 0.29) is 16.8 Å². The van der Waals surface area contributed by atoms with Gasteiger partial charge in [0.25, 0.3) is 5.69 Å². The summed E-state index contributed by atoms with van der Waals surface area (Å²) in [7, 11) is 0. The number of non-ortho nitro benzene ring substituents is 1. The van der Waals surface area contributed by atoms with Gasteiger partial charge in [-0.05, 0) is 29.8 Å². The van der Waals surface area contributed by atoms with Gasteiger partial charge in [0.05, 0.1) is 29.0 Å². The number of nitro benzene ring substituents is 1. The molecule has 32 heavy (non-hydrogen) atoms. The van der Waals surface area contributed by atoms with Crippen LogP contribution in [0.4, 0.5) is 10.1 Å². The largest absolute Gasteiger partial charge is 0.443 e. The molecule has 0 radical (unpaired) electrons. The molecule has 4 atom stereocenters. The second-order valence-electron chi connectivity index (χ2n) is 7.63. The molecule has 158 valence electrons. The van der Waals surface area contributed by atoms with E-state index in [1.54, 1.807) is 0 Å². The fourth-order valence-electron chi connectivity index (χ4n) is 4.65. The summed E-state index contributed by atoms with van der Waals surface area (Å²) >= 11 is 0. The smallest absolute Gasteiger partial charge is 0.269 e. The maximum Gasteiger partial charge on any atom is 0.269 e. The number of benzene rings is 2. The number of hydrogen-bond donors (Lipinski definition) is 1. The van der Waals surface area contributed by atoms with E-state index in [1.165, 1.54) is 37.3 Å². The van der Waals surface area contributed by atoms with Gasteiger partial charge in [-0.25, -0.2) is 4.39 Å². The SMILES string of the molecule is CC1C2(c3ccc(F)cc3)OC(=N)C1(C#N)C(C#N)(C#N)C(c1cccc([N+](=O)[O-])c1)O2. The number of rotatable bonds is 3. The van der Waals surface area contributed by atoms with Gasteiger partial charge < -0.3 is 9.47 Å². The van der Waals surface area contributed by atoms with Crippen molar-refractivity contribution >= 4 is 11.6 Å². The molecule has 2 fully saturated rings. The molecule has 9 nitrogen and oxygen atoms in total. The van der Waals surface area contributed by atoms with Crippen molar-refractivity contribution in [2.75, 3.05) is 0 Å². The third-order valence-electron chi connectivity index (χ3n) is 6.30. The Morgan fingerprint density at radius 1 is 1.12 bits per heavy atom. The lowest BCUT2D eigenvalue weighted by Gasteiger charge is -2.48. The molecule has 2 heterocycles. The predicted octanol–water partition coefficient (Wildman–Crippen LogP) is 3.85. The quantitative estimate of drug-likeness (QED) is 0.571. The highest BCUT2D eigenvalue weighted by molar-refractivity contribution is 5.89. The number of nitro groups is 1. The Labute approximate surface area is 181 Å². The summed E-state index contributed by atoms with van der Waals surface area (Å²) < 4.78 is 25.6. The molecule has 2 aromatic carbocycles. The van der Waals surface area contributed by atoms with Gasteiger partial charge >= 0.3 is 0 Å². The first-order valence-electron chi connectivity index (χ1n) is 9.42. The Bertz CT molecular complexity index is 1260. The van der Waals surface area contributed by atoms with Crippen LogP contribution in [0, 0.1) is 72.1 Å². The van der Waals surface area contributed by atoms with Crippen LogP contribution in [0.3, 0.4) is 0 Å². The molecule has 2 bridgehead atoms. The van der Waals surface area contributed by atoms with E-state index in [0.29, 0.717) is 0 Å². The number of nitrogens with one attached hydrogen (secondary N) is 1. The molecule has 10 heteroatoms. The van der Waals surface area contributed by atoms with Crippen molar-refractivity contribution in [3.8, 4) is 18.2 Å². The summed E-state index contributed by atoms with van der Waals surface area (Å²) in [4.78, 5) is 10.7. The highest BCUT2D eigenvalue weighted by atomic mass is 19.1. The summed E-state index contributed by atoms with van der Waals surface area (Å²) in [5.41, 5.74) is -4.25. The average Bonchev–Trinajstić information content (AvgIpc) is 2.96. The van der Waals surface area contributed by atoms with Crippen LogP contribution >= 0.6 is 0 Å². The third-order valence-corrected chi connectivity index (χ3v) is 6.30. The van der Waals surface area contributed by atoms with Gasteiger partial charge in [-0.3, -0.25) is 15.5 Å². The molecule has 2 aromatic rings.